The monoisotopic (exact) mass is 194 g/mol. The first kappa shape index (κ1) is 16.4. The van der Waals surface area contributed by atoms with E-state index in [2.05, 4.69) is 20.8 Å². The Hall–Kier alpha value is 1.00. The minimum absolute atomic E-state index is 0. The van der Waals surface area contributed by atoms with Gasteiger partial charge >= 0.3 is 29.6 Å². The van der Waals surface area contributed by atoms with E-state index in [0.717, 1.165) is 5.92 Å². The van der Waals surface area contributed by atoms with Gasteiger partial charge < -0.3 is 0 Å². The zero-order valence-corrected chi connectivity index (χ0v) is 9.23. The van der Waals surface area contributed by atoms with E-state index in [1.54, 1.807) is 0 Å². The van der Waals surface area contributed by atoms with Gasteiger partial charge in [-0.05, 0) is 5.92 Å². The molecule has 0 heterocycles. The summed E-state index contributed by atoms with van der Waals surface area (Å²) in [6, 6.07) is 0. The van der Waals surface area contributed by atoms with E-state index in [0.29, 0.717) is 0 Å². The van der Waals surface area contributed by atoms with Crippen molar-refractivity contribution in [1.29, 1.82) is 0 Å². The molecule has 0 aromatic rings. The van der Waals surface area contributed by atoms with Crippen molar-refractivity contribution in [2.45, 2.75) is 72.1 Å². The number of hydrogen-bond acceptors (Lipinski definition) is 0. The first-order valence-electron chi connectivity index (χ1n) is 5.81. The maximum absolute atomic E-state index is 2.40. The molecular weight excluding hydrogens is 167 g/mol. The molecule has 76 valence electrons. The minimum atomic E-state index is 0. The molecule has 1 atom stereocenters. The Morgan fingerprint density at radius 3 is 1.85 bits per heavy atom. The number of unbranched alkanes of at least 4 members (excludes halogenated alkanes) is 4. The van der Waals surface area contributed by atoms with Crippen molar-refractivity contribution in [3.8, 4) is 0 Å². The van der Waals surface area contributed by atoms with Crippen molar-refractivity contribution in [3.05, 3.63) is 0 Å². The molecule has 0 spiro atoms. The normalized spacial score (nSPS) is 12.2. The molecule has 0 aromatic carbocycles. The summed E-state index contributed by atoms with van der Waals surface area (Å²) >= 11 is 0. The molecule has 0 rings (SSSR count). The van der Waals surface area contributed by atoms with Crippen LogP contribution < -0.4 is 0 Å². The van der Waals surface area contributed by atoms with Gasteiger partial charge in [0.2, 0.25) is 0 Å². The van der Waals surface area contributed by atoms with Gasteiger partial charge in [-0.1, -0.05) is 72.1 Å². The fraction of sp³-hybridized carbons (Fsp3) is 1.00. The predicted octanol–water partition coefficient (Wildman–Crippen LogP) is 4.13. The van der Waals surface area contributed by atoms with Gasteiger partial charge in [0.05, 0.1) is 0 Å². The molecular formula is C12H27Na. The Morgan fingerprint density at radius 2 is 1.31 bits per heavy atom. The SMILES string of the molecule is CCCCCCC(C)CCCC.[NaH]. The van der Waals surface area contributed by atoms with E-state index in [-0.39, 0.29) is 29.6 Å². The fourth-order valence-corrected chi connectivity index (χ4v) is 1.62. The maximum atomic E-state index is 2.40. The van der Waals surface area contributed by atoms with Crippen LogP contribution in [0.4, 0.5) is 0 Å². The van der Waals surface area contributed by atoms with Crippen LogP contribution in [0.25, 0.3) is 0 Å². The molecule has 0 nitrogen and oxygen atoms in total. The molecule has 1 unspecified atom stereocenters. The second-order valence-corrected chi connectivity index (χ2v) is 4.10. The first-order chi connectivity index (χ1) is 5.81. The number of rotatable bonds is 8. The molecule has 0 bridgehead atoms. The molecule has 0 saturated heterocycles. The van der Waals surface area contributed by atoms with Crippen LogP contribution in [0.3, 0.4) is 0 Å². The van der Waals surface area contributed by atoms with Crippen LogP contribution in [0.5, 0.6) is 0 Å². The van der Waals surface area contributed by atoms with Gasteiger partial charge in [0, 0.05) is 0 Å². The Labute approximate surface area is 107 Å². The third-order valence-electron chi connectivity index (χ3n) is 2.60. The van der Waals surface area contributed by atoms with E-state index in [4.69, 9.17) is 0 Å². The third kappa shape index (κ3) is 13.0. The van der Waals surface area contributed by atoms with E-state index < -0.39 is 0 Å². The van der Waals surface area contributed by atoms with Crippen molar-refractivity contribution in [2.24, 2.45) is 5.92 Å². The van der Waals surface area contributed by atoms with E-state index in [1.807, 2.05) is 0 Å². The predicted molar refractivity (Wildman–Crippen MR) is 64.6 cm³/mol. The summed E-state index contributed by atoms with van der Waals surface area (Å²) in [7, 11) is 0. The molecule has 13 heavy (non-hydrogen) atoms. The first-order valence-corrected chi connectivity index (χ1v) is 5.81. The molecule has 0 aliphatic heterocycles. The van der Waals surface area contributed by atoms with E-state index in [1.165, 1.54) is 51.4 Å². The van der Waals surface area contributed by atoms with Crippen LogP contribution in [-0.4, -0.2) is 29.6 Å². The quantitative estimate of drug-likeness (QED) is 0.402. The molecule has 0 saturated carbocycles. The van der Waals surface area contributed by atoms with Crippen LogP contribution in [0, 0.1) is 5.92 Å². The van der Waals surface area contributed by atoms with Crippen molar-refractivity contribution in [1.82, 2.24) is 0 Å². The van der Waals surface area contributed by atoms with Gasteiger partial charge in [-0.3, -0.25) is 0 Å². The molecule has 0 amide bonds. The van der Waals surface area contributed by atoms with Gasteiger partial charge in [-0.25, -0.2) is 0 Å². The second-order valence-electron chi connectivity index (χ2n) is 4.10. The zero-order valence-electron chi connectivity index (χ0n) is 9.23. The van der Waals surface area contributed by atoms with Crippen molar-refractivity contribution in [3.63, 3.8) is 0 Å². The summed E-state index contributed by atoms with van der Waals surface area (Å²) in [6.07, 6.45) is 11.4. The zero-order chi connectivity index (χ0) is 9.23. The Balaban J connectivity index is 0. The summed E-state index contributed by atoms with van der Waals surface area (Å²) in [5.74, 6) is 0.974. The molecule has 0 aromatic heterocycles. The summed E-state index contributed by atoms with van der Waals surface area (Å²) in [5.41, 5.74) is 0. The molecule has 0 radical (unpaired) electrons. The summed E-state index contributed by atoms with van der Waals surface area (Å²) in [4.78, 5) is 0. The van der Waals surface area contributed by atoms with Gasteiger partial charge in [0.15, 0.2) is 0 Å². The summed E-state index contributed by atoms with van der Waals surface area (Å²) < 4.78 is 0. The summed E-state index contributed by atoms with van der Waals surface area (Å²) in [5, 5.41) is 0. The Bertz CT molecular complexity index is 81.2. The molecule has 0 aliphatic carbocycles. The number of hydrogen-bond donors (Lipinski definition) is 0. The van der Waals surface area contributed by atoms with E-state index in [9.17, 15) is 0 Å². The molecule has 1 heteroatoms. The van der Waals surface area contributed by atoms with Crippen LogP contribution in [-0.2, 0) is 0 Å². The van der Waals surface area contributed by atoms with Crippen molar-refractivity contribution >= 4 is 29.6 Å². The molecule has 0 N–H and O–H groups in total. The van der Waals surface area contributed by atoms with Crippen LogP contribution in [0.15, 0.2) is 0 Å². The standard InChI is InChI=1S/C12H26.Na.H/c1-4-6-8-9-11-12(3)10-7-5-2;;/h12H,4-11H2,1-3H3;;. The molecule has 0 aliphatic rings. The van der Waals surface area contributed by atoms with Gasteiger partial charge in [-0.2, -0.15) is 0 Å². The van der Waals surface area contributed by atoms with Gasteiger partial charge in [-0.15, -0.1) is 0 Å². The van der Waals surface area contributed by atoms with Gasteiger partial charge in [0.25, 0.3) is 0 Å². The third-order valence-corrected chi connectivity index (χ3v) is 2.60. The van der Waals surface area contributed by atoms with Crippen LogP contribution >= 0.6 is 0 Å². The topological polar surface area (TPSA) is 0 Å². The Kier molecular flexibility index (Phi) is 16.4. The van der Waals surface area contributed by atoms with Gasteiger partial charge in [0.1, 0.15) is 0 Å². The van der Waals surface area contributed by atoms with E-state index >= 15 is 0 Å². The Morgan fingerprint density at radius 1 is 0.769 bits per heavy atom. The fourth-order valence-electron chi connectivity index (χ4n) is 1.62. The average molecular weight is 194 g/mol. The van der Waals surface area contributed by atoms with Crippen molar-refractivity contribution in [2.75, 3.05) is 0 Å². The van der Waals surface area contributed by atoms with Crippen molar-refractivity contribution < 1.29 is 0 Å². The van der Waals surface area contributed by atoms with Crippen LogP contribution in [0.1, 0.15) is 72.1 Å². The summed E-state index contributed by atoms with van der Waals surface area (Å²) in [6.45, 7) is 6.96. The van der Waals surface area contributed by atoms with Crippen LogP contribution in [0.2, 0.25) is 0 Å². The average Bonchev–Trinajstić information content (AvgIpc) is 2.09. The second kappa shape index (κ2) is 13.0. The molecule has 0 fully saturated rings.